The second-order valence-electron chi connectivity index (χ2n) is 6.15. The molecule has 1 aromatic heterocycles. The molecule has 0 amide bonds. The SMILES string of the molecule is C=CCn1c(SCc2cc(C)ccc2C)nnc1-c1ccc(OC)cc1. The van der Waals surface area contributed by atoms with E-state index in [0.29, 0.717) is 6.54 Å². The minimum absolute atomic E-state index is 0.670. The van der Waals surface area contributed by atoms with Crippen LogP contribution >= 0.6 is 11.8 Å². The van der Waals surface area contributed by atoms with E-state index in [-0.39, 0.29) is 0 Å². The molecule has 0 radical (unpaired) electrons. The fourth-order valence-corrected chi connectivity index (χ4v) is 3.75. The number of nitrogens with zero attached hydrogens (tertiary/aromatic N) is 3. The van der Waals surface area contributed by atoms with E-state index in [9.17, 15) is 0 Å². The van der Waals surface area contributed by atoms with Gasteiger partial charge < -0.3 is 4.74 Å². The topological polar surface area (TPSA) is 39.9 Å². The van der Waals surface area contributed by atoms with Crippen LogP contribution in [-0.4, -0.2) is 21.9 Å². The summed E-state index contributed by atoms with van der Waals surface area (Å²) in [5.74, 6) is 2.54. The molecule has 0 saturated carbocycles. The molecule has 4 nitrogen and oxygen atoms in total. The monoisotopic (exact) mass is 365 g/mol. The summed E-state index contributed by atoms with van der Waals surface area (Å²) in [5.41, 5.74) is 4.92. The van der Waals surface area contributed by atoms with Gasteiger partial charge in [0, 0.05) is 17.9 Å². The molecule has 0 atom stereocenters. The Morgan fingerprint density at radius 2 is 1.88 bits per heavy atom. The molecule has 2 aromatic carbocycles. The Bertz CT molecular complexity index is 900. The summed E-state index contributed by atoms with van der Waals surface area (Å²) >= 11 is 1.70. The number of hydrogen-bond acceptors (Lipinski definition) is 4. The average Bonchev–Trinajstić information content (AvgIpc) is 3.05. The highest BCUT2D eigenvalue weighted by Gasteiger charge is 2.14. The normalized spacial score (nSPS) is 10.7. The maximum Gasteiger partial charge on any atom is 0.192 e. The van der Waals surface area contributed by atoms with Gasteiger partial charge in [-0.3, -0.25) is 4.57 Å². The van der Waals surface area contributed by atoms with Gasteiger partial charge in [0.05, 0.1) is 7.11 Å². The maximum absolute atomic E-state index is 5.23. The van der Waals surface area contributed by atoms with Gasteiger partial charge in [-0.15, -0.1) is 16.8 Å². The van der Waals surface area contributed by atoms with Crippen molar-refractivity contribution in [1.82, 2.24) is 14.8 Å². The smallest absolute Gasteiger partial charge is 0.192 e. The highest BCUT2D eigenvalue weighted by molar-refractivity contribution is 7.98. The first-order valence-electron chi connectivity index (χ1n) is 8.50. The summed E-state index contributed by atoms with van der Waals surface area (Å²) in [6.45, 7) is 8.81. The van der Waals surface area contributed by atoms with E-state index in [2.05, 4.69) is 53.4 Å². The molecular weight excluding hydrogens is 342 g/mol. The van der Waals surface area contributed by atoms with E-state index in [1.807, 2.05) is 30.3 Å². The van der Waals surface area contributed by atoms with Crippen LogP contribution in [0.4, 0.5) is 0 Å². The van der Waals surface area contributed by atoms with Gasteiger partial charge in [-0.05, 0) is 49.2 Å². The quantitative estimate of drug-likeness (QED) is 0.434. The lowest BCUT2D eigenvalue weighted by Gasteiger charge is -2.10. The lowest BCUT2D eigenvalue weighted by atomic mass is 10.1. The standard InChI is InChI=1S/C21H23N3OS/c1-5-12-24-20(17-8-10-19(25-4)11-9-17)22-23-21(24)26-14-18-13-15(2)6-7-16(18)3/h5-11,13H,1,12,14H2,2-4H3. The zero-order chi connectivity index (χ0) is 18.5. The molecule has 0 saturated heterocycles. The fourth-order valence-electron chi connectivity index (χ4n) is 2.74. The van der Waals surface area contributed by atoms with Crippen LogP contribution in [0, 0.1) is 13.8 Å². The number of allylic oxidation sites excluding steroid dienone is 1. The molecule has 0 aliphatic rings. The zero-order valence-electron chi connectivity index (χ0n) is 15.4. The molecule has 0 aliphatic carbocycles. The second-order valence-corrected chi connectivity index (χ2v) is 7.10. The van der Waals surface area contributed by atoms with Crippen LogP contribution in [0.5, 0.6) is 5.75 Å². The number of ether oxygens (including phenoxy) is 1. The lowest BCUT2D eigenvalue weighted by Crippen LogP contribution is -2.01. The van der Waals surface area contributed by atoms with Crippen LogP contribution in [0.3, 0.4) is 0 Å². The van der Waals surface area contributed by atoms with Crippen LogP contribution in [0.1, 0.15) is 16.7 Å². The summed E-state index contributed by atoms with van der Waals surface area (Å²) in [4.78, 5) is 0. The van der Waals surface area contributed by atoms with Gasteiger partial charge in [0.25, 0.3) is 0 Å². The Balaban J connectivity index is 1.86. The Hall–Kier alpha value is -2.53. The van der Waals surface area contributed by atoms with Crippen LogP contribution in [0.15, 0.2) is 60.3 Å². The van der Waals surface area contributed by atoms with Crippen molar-refractivity contribution in [1.29, 1.82) is 0 Å². The van der Waals surface area contributed by atoms with E-state index in [1.165, 1.54) is 16.7 Å². The molecule has 5 heteroatoms. The van der Waals surface area contributed by atoms with E-state index in [0.717, 1.165) is 28.0 Å². The van der Waals surface area contributed by atoms with Crippen LogP contribution in [0.2, 0.25) is 0 Å². The van der Waals surface area contributed by atoms with Crippen molar-refractivity contribution in [3.05, 3.63) is 71.8 Å². The van der Waals surface area contributed by atoms with Crippen molar-refractivity contribution >= 4 is 11.8 Å². The molecule has 0 fully saturated rings. The molecule has 0 unspecified atom stereocenters. The van der Waals surface area contributed by atoms with Crippen LogP contribution in [-0.2, 0) is 12.3 Å². The van der Waals surface area contributed by atoms with E-state index in [4.69, 9.17) is 4.74 Å². The summed E-state index contributed by atoms with van der Waals surface area (Å²) in [5, 5.41) is 9.73. The minimum atomic E-state index is 0.670. The van der Waals surface area contributed by atoms with Crippen LogP contribution in [0.25, 0.3) is 11.4 Å². The third kappa shape index (κ3) is 3.99. The first-order chi connectivity index (χ1) is 12.6. The lowest BCUT2D eigenvalue weighted by molar-refractivity contribution is 0.415. The van der Waals surface area contributed by atoms with Crippen molar-refractivity contribution in [2.75, 3.05) is 7.11 Å². The predicted octanol–water partition coefficient (Wildman–Crippen LogP) is 5.05. The second kappa shape index (κ2) is 8.23. The summed E-state index contributed by atoms with van der Waals surface area (Å²) in [7, 11) is 1.66. The van der Waals surface area contributed by atoms with Gasteiger partial charge in [-0.2, -0.15) is 0 Å². The van der Waals surface area contributed by atoms with E-state index >= 15 is 0 Å². The third-order valence-corrected chi connectivity index (χ3v) is 5.25. The molecule has 26 heavy (non-hydrogen) atoms. The van der Waals surface area contributed by atoms with Gasteiger partial charge in [0.15, 0.2) is 11.0 Å². The Morgan fingerprint density at radius 1 is 1.12 bits per heavy atom. The highest BCUT2D eigenvalue weighted by atomic mass is 32.2. The first kappa shape index (κ1) is 18.3. The van der Waals surface area contributed by atoms with Gasteiger partial charge in [0.1, 0.15) is 5.75 Å². The van der Waals surface area contributed by atoms with Crippen LogP contribution < -0.4 is 4.74 Å². The summed E-state index contributed by atoms with van der Waals surface area (Å²) < 4.78 is 7.34. The number of hydrogen-bond donors (Lipinski definition) is 0. The fraction of sp³-hybridized carbons (Fsp3) is 0.238. The highest BCUT2D eigenvalue weighted by Crippen LogP contribution is 2.28. The Morgan fingerprint density at radius 3 is 2.58 bits per heavy atom. The molecule has 1 heterocycles. The largest absolute Gasteiger partial charge is 0.497 e. The first-order valence-corrected chi connectivity index (χ1v) is 9.48. The zero-order valence-corrected chi connectivity index (χ0v) is 16.2. The van der Waals surface area contributed by atoms with Gasteiger partial charge in [0.2, 0.25) is 0 Å². The van der Waals surface area contributed by atoms with Crippen molar-refractivity contribution in [2.45, 2.75) is 31.3 Å². The van der Waals surface area contributed by atoms with Crippen molar-refractivity contribution < 1.29 is 4.74 Å². The van der Waals surface area contributed by atoms with Gasteiger partial charge in [-0.25, -0.2) is 0 Å². The predicted molar refractivity (Wildman–Crippen MR) is 108 cm³/mol. The summed E-state index contributed by atoms with van der Waals surface area (Å²) in [6, 6.07) is 14.4. The minimum Gasteiger partial charge on any atom is -0.497 e. The molecule has 0 N–H and O–H groups in total. The van der Waals surface area contributed by atoms with Crippen molar-refractivity contribution in [3.63, 3.8) is 0 Å². The Kier molecular flexibility index (Phi) is 5.78. The van der Waals surface area contributed by atoms with E-state index < -0.39 is 0 Å². The third-order valence-electron chi connectivity index (χ3n) is 4.24. The molecular formula is C21H23N3OS. The number of benzene rings is 2. The number of aromatic nitrogens is 3. The molecule has 0 spiro atoms. The molecule has 3 rings (SSSR count). The number of aryl methyl sites for hydroxylation is 2. The maximum atomic E-state index is 5.23. The average molecular weight is 366 g/mol. The number of methoxy groups -OCH3 is 1. The molecule has 3 aromatic rings. The number of thioether (sulfide) groups is 1. The molecule has 134 valence electrons. The number of rotatable bonds is 7. The summed E-state index contributed by atoms with van der Waals surface area (Å²) in [6.07, 6.45) is 1.87. The van der Waals surface area contributed by atoms with Crippen molar-refractivity contribution in [3.8, 4) is 17.1 Å². The Labute approximate surface area is 158 Å². The van der Waals surface area contributed by atoms with E-state index in [1.54, 1.807) is 18.9 Å². The molecule has 0 bridgehead atoms. The van der Waals surface area contributed by atoms with Gasteiger partial charge >= 0.3 is 0 Å². The molecule has 0 aliphatic heterocycles. The van der Waals surface area contributed by atoms with Crippen molar-refractivity contribution in [2.24, 2.45) is 0 Å². The van der Waals surface area contributed by atoms with Gasteiger partial charge in [-0.1, -0.05) is 41.6 Å².